The monoisotopic (exact) mass is 431 g/mol. The molecule has 5 rings (SSSR count). The van der Waals surface area contributed by atoms with Crippen molar-refractivity contribution >= 4 is 45.6 Å². The second-order valence-electron chi connectivity index (χ2n) is 7.84. The highest BCUT2D eigenvalue weighted by molar-refractivity contribution is 7.15. The summed E-state index contributed by atoms with van der Waals surface area (Å²) >= 11 is 1.63. The minimum Gasteiger partial charge on any atom is -0.323 e. The fourth-order valence-corrected chi connectivity index (χ4v) is 4.66. The summed E-state index contributed by atoms with van der Waals surface area (Å²) in [5.41, 5.74) is 3.19. The van der Waals surface area contributed by atoms with Gasteiger partial charge in [-0.2, -0.15) is 5.10 Å². The summed E-state index contributed by atoms with van der Waals surface area (Å²) < 4.78 is 1.83. The number of nitrogens with one attached hydrogen (secondary N) is 1. The Balaban J connectivity index is 1.71. The first-order valence-electron chi connectivity index (χ1n) is 10.1. The van der Waals surface area contributed by atoms with E-state index in [9.17, 15) is 9.59 Å². The number of aromatic nitrogens is 3. The topological polar surface area (TPSA) is 80.1 Å². The normalized spacial score (nSPS) is 13.5. The molecular weight excluding hydrogens is 410 g/mol. The van der Waals surface area contributed by atoms with E-state index in [1.807, 2.05) is 61.9 Å². The first-order valence-corrected chi connectivity index (χ1v) is 10.9. The Morgan fingerprint density at radius 1 is 1.19 bits per heavy atom. The molecule has 0 saturated carbocycles. The molecule has 0 unspecified atom stereocenters. The summed E-state index contributed by atoms with van der Waals surface area (Å²) in [5.74, 6) is -0.461. The number of rotatable bonds is 3. The van der Waals surface area contributed by atoms with Gasteiger partial charge in [-0.15, -0.1) is 11.3 Å². The molecule has 0 saturated heterocycles. The third-order valence-corrected chi connectivity index (χ3v) is 6.32. The van der Waals surface area contributed by atoms with Crippen LogP contribution in [-0.2, 0) is 4.79 Å². The molecule has 0 radical (unpaired) electrons. The highest BCUT2D eigenvalue weighted by Gasteiger charge is 2.30. The Kier molecular flexibility index (Phi) is 4.59. The third kappa shape index (κ3) is 3.29. The lowest BCUT2D eigenvalue weighted by atomic mass is 10.1. The fraction of sp³-hybridized carbons (Fsp3) is 0.217. The Morgan fingerprint density at radius 3 is 2.74 bits per heavy atom. The van der Waals surface area contributed by atoms with Gasteiger partial charge >= 0.3 is 0 Å². The first kappa shape index (κ1) is 19.4. The number of hydrogen-bond acceptors (Lipinski definition) is 5. The van der Waals surface area contributed by atoms with E-state index in [0.29, 0.717) is 28.0 Å². The molecule has 7 nitrogen and oxygen atoms in total. The molecule has 1 N–H and O–H groups in total. The number of hydrogen-bond donors (Lipinski definition) is 1. The molecule has 1 aliphatic rings. The molecule has 4 heterocycles. The highest BCUT2D eigenvalue weighted by Crippen LogP contribution is 2.34. The van der Waals surface area contributed by atoms with Crippen molar-refractivity contribution in [1.82, 2.24) is 14.8 Å². The van der Waals surface area contributed by atoms with Crippen LogP contribution < -0.4 is 10.2 Å². The van der Waals surface area contributed by atoms with Gasteiger partial charge in [-0.3, -0.25) is 14.5 Å². The fourth-order valence-electron chi connectivity index (χ4n) is 3.83. The summed E-state index contributed by atoms with van der Waals surface area (Å²) in [6, 6.07) is 13.3. The number of fused-ring (bicyclic) bond motifs is 2. The van der Waals surface area contributed by atoms with Gasteiger partial charge in [0.2, 0.25) is 5.91 Å². The summed E-state index contributed by atoms with van der Waals surface area (Å²) in [7, 11) is 0. The first-order chi connectivity index (χ1) is 14.9. The van der Waals surface area contributed by atoms with E-state index in [0.717, 1.165) is 10.6 Å². The van der Waals surface area contributed by atoms with Gasteiger partial charge in [0.05, 0.1) is 39.1 Å². The summed E-state index contributed by atoms with van der Waals surface area (Å²) in [6.45, 7) is 6.07. The number of benzene rings is 1. The molecule has 1 aromatic carbocycles. The van der Waals surface area contributed by atoms with Crippen molar-refractivity contribution in [3.8, 4) is 10.6 Å². The van der Waals surface area contributed by atoms with Gasteiger partial charge in [-0.1, -0.05) is 12.1 Å². The van der Waals surface area contributed by atoms with Crippen LogP contribution in [0.4, 0.5) is 11.4 Å². The summed E-state index contributed by atoms with van der Waals surface area (Å²) in [6.07, 6.45) is 1.69. The molecule has 0 fully saturated rings. The average molecular weight is 432 g/mol. The quantitative estimate of drug-likeness (QED) is 0.512. The number of nitrogens with zero attached hydrogens (tertiary/aromatic N) is 4. The van der Waals surface area contributed by atoms with E-state index in [-0.39, 0.29) is 24.4 Å². The molecule has 4 aromatic rings. The number of anilines is 2. The lowest BCUT2D eigenvalue weighted by molar-refractivity contribution is -0.115. The van der Waals surface area contributed by atoms with E-state index in [2.05, 4.69) is 10.4 Å². The van der Waals surface area contributed by atoms with Crippen molar-refractivity contribution in [3.05, 3.63) is 59.1 Å². The maximum Gasteiger partial charge on any atom is 0.259 e. The van der Waals surface area contributed by atoms with Crippen molar-refractivity contribution in [1.29, 1.82) is 0 Å². The smallest absolute Gasteiger partial charge is 0.259 e. The molecule has 0 spiro atoms. The van der Waals surface area contributed by atoms with Gasteiger partial charge in [0, 0.05) is 10.9 Å². The number of amides is 2. The van der Waals surface area contributed by atoms with Crippen molar-refractivity contribution in [3.63, 3.8) is 0 Å². The van der Waals surface area contributed by atoms with E-state index < -0.39 is 0 Å². The van der Waals surface area contributed by atoms with Crippen LogP contribution in [0, 0.1) is 6.92 Å². The molecule has 156 valence electrons. The second-order valence-corrected chi connectivity index (χ2v) is 9.13. The Bertz CT molecular complexity index is 1340. The van der Waals surface area contributed by atoms with E-state index in [4.69, 9.17) is 4.98 Å². The van der Waals surface area contributed by atoms with E-state index in [1.165, 1.54) is 9.78 Å². The predicted molar refractivity (Wildman–Crippen MR) is 123 cm³/mol. The van der Waals surface area contributed by atoms with Crippen LogP contribution in [0.3, 0.4) is 0 Å². The minimum atomic E-state index is -0.243. The van der Waals surface area contributed by atoms with Gasteiger partial charge < -0.3 is 5.32 Å². The van der Waals surface area contributed by atoms with Crippen LogP contribution in [0.5, 0.6) is 0 Å². The average Bonchev–Trinajstić information content (AvgIpc) is 3.38. The van der Waals surface area contributed by atoms with Crippen LogP contribution in [0.2, 0.25) is 0 Å². The largest absolute Gasteiger partial charge is 0.323 e. The number of aryl methyl sites for hydroxylation is 1. The van der Waals surface area contributed by atoms with E-state index >= 15 is 0 Å². The zero-order valence-corrected chi connectivity index (χ0v) is 18.2. The van der Waals surface area contributed by atoms with Crippen molar-refractivity contribution in [2.75, 3.05) is 16.8 Å². The van der Waals surface area contributed by atoms with Crippen LogP contribution >= 0.6 is 11.3 Å². The molecule has 0 bridgehead atoms. The van der Waals surface area contributed by atoms with Crippen LogP contribution in [0.15, 0.2) is 48.7 Å². The number of carbonyl (C=O) groups excluding carboxylic acids is 2. The number of pyridine rings is 1. The highest BCUT2D eigenvalue weighted by atomic mass is 32.1. The molecule has 0 aliphatic carbocycles. The Labute approximate surface area is 183 Å². The minimum absolute atomic E-state index is 0.0363. The molecule has 31 heavy (non-hydrogen) atoms. The number of carbonyl (C=O) groups is 2. The van der Waals surface area contributed by atoms with Gasteiger partial charge in [-0.25, -0.2) is 9.67 Å². The van der Waals surface area contributed by atoms with Crippen molar-refractivity contribution in [2.45, 2.75) is 26.8 Å². The zero-order chi connectivity index (χ0) is 21.7. The van der Waals surface area contributed by atoms with Crippen molar-refractivity contribution in [2.24, 2.45) is 0 Å². The number of thiophene rings is 1. The van der Waals surface area contributed by atoms with Crippen LogP contribution in [-0.4, -0.2) is 33.1 Å². The summed E-state index contributed by atoms with van der Waals surface area (Å²) in [4.78, 5) is 34.6. The molecule has 2 amide bonds. The molecule has 3 aromatic heterocycles. The molecular formula is C23H21N5O2S. The third-order valence-electron chi connectivity index (χ3n) is 5.29. The summed E-state index contributed by atoms with van der Waals surface area (Å²) in [5, 5.41) is 8.00. The number of para-hydroxylation sites is 2. The van der Waals surface area contributed by atoms with Gasteiger partial charge in [0.15, 0.2) is 5.65 Å². The molecule has 0 atom stereocenters. The van der Waals surface area contributed by atoms with Gasteiger partial charge in [0.1, 0.15) is 6.54 Å². The van der Waals surface area contributed by atoms with Crippen molar-refractivity contribution < 1.29 is 9.59 Å². The Hall–Kier alpha value is -3.52. The van der Waals surface area contributed by atoms with Gasteiger partial charge in [0.25, 0.3) is 5.91 Å². The predicted octanol–water partition coefficient (Wildman–Crippen LogP) is 4.65. The SMILES string of the molecule is Cc1ccc(-c2cc(C(=O)N3CC(=O)Nc4ccccc43)c3cnn(C(C)C)c3n2)s1. The zero-order valence-electron chi connectivity index (χ0n) is 17.4. The molecule has 1 aliphatic heterocycles. The Morgan fingerprint density at radius 2 is 2.00 bits per heavy atom. The van der Waals surface area contributed by atoms with E-state index in [1.54, 1.807) is 23.6 Å². The van der Waals surface area contributed by atoms with Crippen LogP contribution in [0.25, 0.3) is 21.6 Å². The van der Waals surface area contributed by atoms with Crippen LogP contribution in [0.1, 0.15) is 35.1 Å². The maximum absolute atomic E-state index is 13.8. The second kappa shape index (κ2) is 7.31. The molecule has 8 heteroatoms. The van der Waals surface area contributed by atoms with Gasteiger partial charge in [-0.05, 0) is 51.1 Å². The lowest BCUT2D eigenvalue weighted by Crippen LogP contribution is -2.42. The lowest BCUT2D eigenvalue weighted by Gasteiger charge is -2.29. The maximum atomic E-state index is 13.8. The standard InChI is InChI=1S/C23H21N5O2S/c1-13(2)28-22-16(11-24-28)15(10-18(26-22)20-9-8-14(3)31-20)23(30)27-12-21(29)25-17-6-4-5-7-19(17)27/h4-11,13H,12H2,1-3H3,(H,25,29).